The molecule has 1 saturated heterocycles. The van der Waals surface area contributed by atoms with Crippen molar-refractivity contribution in [3.63, 3.8) is 0 Å². The number of hydrogen-bond donors (Lipinski definition) is 1. The van der Waals surface area contributed by atoms with E-state index in [2.05, 4.69) is 0 Å². The Morgan fingerprint density at radius 3 is 2.32 bits per heavy atom. The Morgan fingerprint density at radius 2 is 1.77 bits per heavy atom. The number of carbonyl (C=O) groups is 1. The molecule has 2 unspecified atom stereocenters. The second kappa shape index (κ2) is 10.7. The number of nitro groups is 1. The molecule has 0 saturated carbocycles. The number of likely N-dealkylation sites (tertiary alicyclic amines) is 1. The van der Waals surface area contributed by atoms with Gasteiger partial charge in [0.1, 0.15) is 0 Å². The molecule has 0 radical (unpaired) electrons. The Hall–Kier alpha value is -1.77. The van der Waals surface area contributed by atoms with Crippen LogP contribution in [0.2, 0.25) is 10.0 Å². The van der Waals surface area contributed by atoms with Gasteiger partial charge in [0.15, 0.2) is 6.30 Å². The number of hydrogen-bond acceptors (Lipinski definition) is 5. The smallest absolute Gasteiger partial charge is 0.278 e. The molecular formula is C21H22Cl3FN2O4. The summed E-state index contributed by atoms with van der Waals surface area (Å²) in [6, 6.07) is 11.0. The van der Waals surface area contributed by atoms with Crippen molar-refractivity contribution in [3.8, 4) is 0 Å². The topological polar surface area (TPSA) is 83.7 Å². The van der Waals surface area contributed by atoms with E-state index in [0.717, 1.165) is 0 Å². The third kappa shape index (κ3) is 5.93. The molecule has 3 rings (SSSR count). The lowest BCUT2D eigenvalue weighted by molar-refractivity contribution is -0.508. The lowest BCUT2D eigenvalue weighted by Gasteiger charge is -2.39. The Kier molecular flexibility index (Phi) is 8.80. The van der Waals surface area contributed by atoms with Gasteiger partial charge in [-0.05, 0) is 30.5 Å². The lowest BCUT2D eigenvalue weighted by atomic mass is 9.84. The van der Waals surface area contributed by atoms with Crippen LogP contribution in [0.25, 0.3) is 0 Å². The van der Waals surface area contributed by atoms with E-state index in [9.17, 15) is 24.4 Å². The number of Topliss-reactive ketones (excluding diaryl/α,β-unsaturated/α-hetero) is 1. The van der Waals surface area contributed by atoms with E-state index in [4.69, 9.17) is 23.2 Å². The van der Waals surface area contributed by atoms with Gasteiger partial charge in [-0.15, -0.1) is 12.4 Å². The lowest BCUT2D eigenvalue weighted by Crippen LogP contribution is -2.47. The molecule has 2 atom stereocenters. The van der Waals surface area contributed by atoms with Crippen molar-refractivity contribution in [1.82, 2.24) is 4.90 Å². The van der Waals surface area contributed by atoms with Crippen LogP contribution in [-0.4, -0.2) is 46.1 Å². The first-order chi connectivity index (χ1) is 14.2. The Labute approximate surface area is 195 Å². The second-order valence-corrected chi connectivity index (χ2v) is 8.21. The van der Waals surface area contributed by atoms with Crippen LogP contribution < -0.4 is 0 Å². The summed E-state index contributed by atoms with van der Waals surface area (Å²) < 4.78 is 14.9. The Balaban J connectivity index is 0.00000341. The van der Waals surface area contributed by atoms with Crippen molar-refractivity contribution in [2.24, 2.45) is 0 Å². The highest BCUT2D eigenvalue weighted by molar-refractivity contribution is 6.42. The number of piperidine rings is 1. The van der Waals surface area contributed by atoms with E-state index in [1.165, 1.54) is 17.0 Å². The van der Waals surface area contributed by atoms with Crippen LogP contribution in [0.3, 0.4) is 0 Å². The fraction of sp³-hybridized carbons (Fsp3) is 0.381. The van der Waals surface area contributed by atoms with Crippen LogP contribution in [0, 0.1) is 10.1 Å². The van der Waals surface area contributed by atoms with Gasteiger partial charge < -0.3 is 5.11 Å². The first-order valence-electron chi connectivity index (χ1n) is 9.50. The maximum Gasteiger partial charge on any atom is 0.278 e. The van der Waals surface area contributed by atoms with Crippen LogP contribution in [0.5, 0.6) is 0 Å². The summed E-state index contributed by atoms with van der Waals surface area (Å²) in [6.07, 6.45) is -1.78. The van der Waals surface area contributed by atoms with Gasteiger partial charge in [-0.3, -0.25) is 19.8 Å². The van der Waals surface area contributed by atoms with Crippen LogP contribution in [-0.2, 0) is 5.60 Å². The monoisotopic (exact) mass is 490 g/mol. The van der Waals surface area contributed by atoms with Crippen molar-refractivity contribution >= 4 is 41.4 Å². The largest absolute Gasteiger partial charge is 0.385 e. The highest BCUT2D eigenvalue weighted by Gasteiger charge is 2.40. The van der Waals surface area contributed by atoms with Crippen molar-refractivity contribution < 1.29 is 19.2 Å². The highest BCUT2D eigenvalue weighted by Crippen LogP contribution is 2.36. The molecule has 0 aliphatic carbocycles. The van der Waals surface area contributed by atoms with Crippen LogP contribution in [0.4, 0.5) is 4.39 Å². The van der Waals surface area contributed by atoms with Crippen LogP contribution in [0.1, 0.15) is 35.2 Å². The maximum atomic E-state index is 14.9. The number of rotatable bonds is 7. The van der Waals surface area contributed by atoms with Gasteiger partial charge in [-0.2, -0.15) is 0 Å². The average molecular weight is 492 g/mol. The van der Waals surface area contributed by atoms with E-state index in [-0.39, 0.29) is 43.9 Å². The predicted molar refractivity (Wildman–Crippen MR) is 119 cm³/mol. The zero-order chi connectivity index (χ0) is 21.9. The van der Waals surface area contributed by atoms with Gasteiger partial charge in [0.25, 0.3) is 6.04 Å². The summed E-state index contributed by atoms with van der Waals surface area (Å²) in [6.45, 7) is 0.365. The van der Waals surface area contributed by atoms with Crippen molar-refractivity contribution in [1.29, 1.82) is 0 Å². The molecule has 1 fully saturated rings. The van der Waals surface area contributed by atoms with Gasteiger partial charge in [-0.1, -0.05) is 59.6 Å². The normalized spacial score (nSPS) is 17.9. The molecule has 0 amide bonds. The predicted octanol–water partition coefficient (Wildman–Crippen LogP) is 4.91. The summed E-state index contributed by atoms with van der Waals surface area (Å²) in [4.78, 5) is 24.6. The van der Waals surface area contributed by atoms with Gasteiger partial charge in [0, 0.05) is 23.6 Å². The minimum atomic E-state index is -1.67. The maximum absolute atomic E-state index is 14.9. The zero-order valence-electron chi connectivity index (χ0n) is 16.4. The van der Waals surface area contributed by atoms with E-state index in [1.54, 1.807) is 36.4 Å². The number of carbonyl (C=O) groups excluding carboxylic acids is 1. The van der Waals surface area contributed by atoms with E-state index < -0.39 is 35.1 Å². The third-order valence-corrected chi connectivity index (χ3v) is 6.25. The molecule has 0 spiro atoms. The quantitative estimate of drug-likeness (QED) is 0.257. The molecule has 1 N–H and O–H groups in total. The fourth-order valence-corrected chi connectivity index (χ4v) is 3.96. The average Bonchev–Trinajstić information content (AvgIpc) is 2.74. The van der Waals surface area contributed by atoms with Crippen molar-refractivity contribution in [3.05, 3.63) is 79.8 Å². The summed E-state index contributed by atoms with van der Waals surface area (Å²) in [7, 11) is 0. The minimum Gasteiger partial charge on any atom is -0.385 e. The van der Waals surface area contributed by atoms with Crippen molar-refractivity contribution in [2.45, 2.75) is 37.2 Å². The number of benzene rings is 2. The number of alkyl halides is 1. The standard InChI is InChI=1S/C21H21Cl2FN2O4.ClH/c22-16-7-6-15(12-17(16)23)21(28)8-10-25(11-9-21)19(24)13-18(26(29)30)20(27)14-4-2-1-3-5-14;/h1-7,12,18-19,28H,8-11,13H2;1H. The van der Waals surface area contributed by atoms with E-state index >= 15 is 0 Å². The first kappa shape index (κ1) is 25.5. The molecule has 0 bridgehead atoms. The highest BCUT2D eigenvalue weighted by atomic mass is 35.5. The fourth-order valence-electron chi connectivity index (χ4n) is 3.67. The number of nitrogens with zero attached hydrogens (tertiary/aromatic N) is 2. The molecule has 10 heteroatoms. The molecule has 1 heterocycles. The van der Waals surface area contributed by atoms with Crippen molar-refractivity contribution in [2.75, 3.05) is 13.1 Å². The Bertz CT molecular complexity index is 924. The van der Waals surface area contributed by atoms with E-state index in [0.29, 0.717) is 15.6 Å². The van der Waals surface area contributed by atoms with Crippen LogP contribution >= 0.6 is 35.6 Å². The van der Waals surface area contributed by atoms with E-state index in [1.807, 2.05) is 0 Å². The number of ketones is 1. The van der Waals surface area contributed by atoms with Gasteiger partial charge in [0.2, 0.25) is 5.78 Å². The molecule has 1 aliphatic heterocycles. The number of aliphatic hydroxyl groups is 1. The summed E-state index contributed by atoms with van der Waals surface area (Å²) >= 11 is 12.0. The third-order valence-electron chi connectivity index (χ3n) is 5.51. The molecule has 31 heavy (non-hydrogen) atoms. The molecule has 2 aromatic carbocycles. The summed E-state index contributed by atoms with van der Waals surface area (Å²) in [5.41, 5.74) is -0.416. The molecule has 168 valence electrons. The Morgan fingerprint density at radius 1 is 1.16 bits per heavy atom. The molecule has 0 aromatic heterocycles. The number of halogens is 4. The second-order valence-electron chi connectivity index (χ2n) is 7.40. The summed E-state index contributed by atoms with van der Waals surface area (Å²) in [5.74, 6) is -0.715. The van der Waals surface area contributed by atoms with Gasteiger partial charge in [0.05, 0.1) is 22.1 Å². The first-order valence-corrected chi connectivity index (χ1v) is 10.3. The van der Waals surface area contributed by atoms with Gasteiger partial charge >= 0.3 is 0 Å². The molecule has 6 nitrogen and oxygen atoms in total. The van der Waals surface area contributed by atoms with Crippen LogP contribution in [0.15, 0.2) is 48.5 Å². The molecule has 2 aromatic rings. The SMILES string of the molecule is Cl.O=C(c1ccccc1)C(CC(F)N1CCC(O)(c2ccc(Cl)c(Cl)c2)CC1)[N+](=O)[O-]. The minimum absolute atomic E-state index is 0. The molecule has 1 aliphatic rings. The molecular weight excluding hydrogens is 470 g/mol. The van der Waals surface area contributed by atoms with Gasteiger partial charge in [-0.25, -0.2) is 4.39 Å². The zero-order valence-corrected chi connectivity index (χ0v) is 18.7. The summed E-state index contributed by atoms with van der Waals surface area (Å²) in [5, 5.41) is 23.1.